The van der Waals surface area contributed by atoms with Crippen molar-refractivity contribution >= 4 is 5.97 Å². The fourth-order valence-electron chi connectivity index (χ4n) is 1.40. The first kappa shape index (κ1) is 12.1. The van der Waals surface area contributed by atoms with Crippen molar-refractivity contribution in [2.75, 3.05) is 0 Å². The van der Waals surface area contributed by atoms with E-state index < -0.39 is 5.97 Å². The molecule has 1 heterocycles. The van der Waals surface area contributed by atoms with Gasteiger partial charge in [0.2, 0.25) is 5.88 Å². The average Bonchev–Trinajstić information content (AvgIpc) is 2.39. The minimum absolute atomic E-state index is 0.0669. The molecule has 0 aliphatic heterocycles. The highest BCUT2D eigenvalue weighted by Crippen LogP contribution is 2.20. The predicted octanol–water partition coefficient (Wildman–Crippen LogP) is 2.06. The van der Waals surface area contributed by atoms with Gasteiger partial charge in [0.05, 0.1) is 12.2 Å². The van der Waals surface area contributed by atoms with Crippen molar-refractivity contribution in [3.63, 3.8) is 0 Å². The third-order valence-electron chi connectivity index (χ3n) is 2.29. The first-order chi connectivity index (χ1) is 8.69. The van der Waals surface area contributed by atoms with Crippen LogP contribution in [-0.4, -0.2) is 21.2 Å². The molecule has 92 valence electrons. The van der Waals surface area contributed by atoms with Crippen LogP contribution in [0.2, 0.25) is 0 Å². The van der Waals surface area contributed by atoms with Crippen LogP contribution in [0.3, 0.4) is 0 Å². The molecule has 18 heavy (non-hydrogen) atoms. The number of carboxylic acids is 1. The van der Waals surface area contributed by atoms with Gasteiger partial charge in [-0.2, -0.15) is 0 Å². The largest absolute Gasteiger partial charge is 0.478 e. The lowest BCUT2D eigenvalue weighted by Gasteiger charge is -2.05. The number of aromatic carboxylic acids is 1. The average molecular weight is 245 g/mol. The van der Waals surface area contributed by atoms with Crippen LogP contribution in [0.1, 0.15) is 15.9 Å². The van der Waals surface area contributed by atoms with Gasteiger partial charge in [0.15, 0.2) is 0 Å². The van der Waals surface area contributed by atoms with Crippen molar-refractivity contribution in [1.29, 1.82) is 0 Å². The topological polar surface area (TPSA) is 79.7 Å². The maximum absolute atomic E-state index is 10.6. The first-order valence-corrected chi connectivity index (χ1v) is 5.26. The number of aliphatic hydroxyl groups is 1. The van der Waals surface area contributed by atoms with Crippen molar-refractivity contribution in [2.24, 2.45) is 0 Å². The van der Waals surface area contributed by atoms with Crippen molar-refractivity contribution in [1.82, 2.24) is 4.98 Å². The molecule has 0 bridgehead atoms. The number of hydrogen-bond donors (Lipinski definition) is 2. The van der Waals surface area contributed by atoms with Gasteiger partial charge in [-0.15, -0.1) is 0 Å². The lowest BCUT2D eigenvalue weighted by molar-refractivity contribution is 0.0696. The zero-order valence-electron chi connectivity index (χ0n) is 9.41. The van der Waals surface area contributed by atoms with Gasteiger partial charge in [-0.05, 0) is 23.8 Å². The molecule has 0 unspecified atom stereocenters. The second-order valence-corrected chi connectivity index (χ2v) is 3.60. The summed E-state index contributed by atoms with van der Waals surface area (Å²) in [6, 6.07) is 9.84. The Morgan fingerprint density at radius 1 is 1.28 bits per heavy atom. The zero-order valence-corrected chi connectivity index (χ0v) is 9.41. The molecule has 0 saturated carbocycles. The van der Waals surface area contributed by atoms with Crippen LogP contribution >= 0.6 is 0 Å². The number of ether oxygens (including phenoxy) is 1. The summed E-state index contributed by atoms with van der Waals surface area (Å²) >= 11 is 0. The quantitative estimate of drug-likeness (QED) is 0.861. The van der Waals surface area contributed by atoms with Crippen LogP contribution < -0.4 is 4.74 Å². The molecule has 1 aromatic carbocycles. The molecule has 0 aliphatic carbocycles. The molecule has 0 aliphatic rings. The lowest BCUT2D eigenvalue weighted by Crippen LogP contribution is -1.97. The van der Waals surface area contributed by atoms with Gasteiger partial charge in [0.1, 0.15) is 5.75 Å². The summed E-state index contributed by atoms with van der Waals surface area (Å²) in [6.45, 7) is -0.0669. The molecular weight excluding hydrogens is 234 g/mol. The summed E-state index contributed by atoms with van der Waals surface area (Å²) in [4.78, 5) is 14.5. The highest BCUT2D eigenvalue weighted by molar-refractivity contribution is 5.87. The van der Waals surface area contributed by atoms with Crippen LogP contribution in [0.5, 0.6) is 11.6 Å². The standard InChI is InChI=1S/C13H11NO4/c15-8-9-2-1-3-11(6-9)18-12-5-4-10(7-14-12)13(16)17/h1-7,15H,8H2,(H,16,17). The summed E-state index contributed by atoms with van der Waals surface area (Å²) in [5, 5.41) is 17.7. The van der Waals surface area contributed by atoms with Gasteiger partial charge in [-0.25, -0.2) is 9.78 Å². The molecule has 5 nitrogen and oxygen atoms in total. The monoisotopic (exact) mass is 245 g/mol. The number of pyridine rings is 1. The molecule has 0 spiro atoms. The van der Waals surface area contributed by atoms with Gasteiger partial charge < -0.3 is 14.9 Å². The van der Waals surface area contributed by atoms with Gasteiger partial charge in [-0.1, -0.05) is 12.1 Å². The van der Waals surface area contributed by atoms with E-state index in [9.17, 15) is 4.79 Å². The fourth-order valence-corrected chi connectivity index (χ4v) is 1.40. The third-order valence-corrected chi connectivity index (χ3v) is 2.29. The molecule has 0 amide bonds. The van der Waals surface area contributed by atoms with E-state index in [1.165, 1.54) is 18.3 Å². The first-order valence-electron chi connectivity index (χ1n) is 5.26. The summed E-state index contributed by atoms with van der Waals surface area (Å²) < 4.78 is 5.44. The number of aromatic nitrogens is 1. The number of carbonyl (C=O) groups is 1. The van der Waals surface area contributed by atoms with E-state index in [2.05, 4.69) is 4.98 Å². The van der Waals surface area contributed by atoms with E-state index >= 15 is 0 Å². The van der Waals surface area contributed by atoms with Crippen LogP contribution in [0, 0.1) is 0 Å². The summed E-state index contributed by atoms with van der Waals surface area (Å²) in [6.07, 6.45) is 1.23. The summed E-state index contributed by atoms with van der Waals surface area (Å²) in [5.41, 5.74) is 0.834. The minimum Gasteiger partial charge on any atom is -0.478 e. The Kier molecular flexibility index (Phi) is 3.54. The molecule has 0 radical (unpaired) electrons. The molecule has 5 heteroatoms. The molecule has 2 N–H and O–H groups in total. The van der Waals surface area contributed by atoms with Crippen molar-refractivity contribution in [3.8, 4) is 11.6 Å². The predicted molar refractivity (Wildman–Crippen MR) is 63.6 cm³/mol. The molecule has 2 rings (SSSR count). The van der Waals surface area contributed by atoms with Gasteiger partial charge in [0.25, 0.3) is 0 Å². The highest BCUT2D eigenvalue weighted by Gasteiger charge is 2.04. The Morgan fingerprint density at radius 3 is 2.72 bits per heavy atom. The van der Waals surface area contributed by atoms with Crippen LogP contribution in [0.15, 0.2) is 42.6 Å². The Morgan fingerprint density at radius 2 is 2.11 bits per heavy atom. The Bertz CT molecular complexity index is 551. The molecule has 0 atom stereocenters. The Labute approximate surface area is 103 Å². The number of aliphatic hydroxyl groups excluding tert-OH is 1. The molecule has 0 saturated heterocycles. The number of carboxylic acid groups (broad SMARTS) is 1. The van der Waals surface area contributed by atoms with Crippen LogP contribution in [-0.2, 0) is 6.61 Å². The third kappa shape index (κ3) is 2.83. The second-order valence-electron chi connectivity index (χ2n) is 3.60. The van der Waals surface area contributed by atoms with Crippen LogP contribution in [0.4, 0.5) is 0 Å². The van der Waals surface area contributed by atoms with Gasteiger partial charge >= 0.3 is 5.97 Å². The van der Waals surface area contributed by atoms with Gasteiger partial charge in [-0.3, -0.25) is 0 Å². The zero-order chi connectivity index (χ0) is 13.0. The number of hydrogen-bond acceptors (Lipinski definition) is 4. The second kappa shape index (κ2) is 5.29. The minimum atomic E-state index is -1.03. The van der Waals surface area contributed by atoms with E-state index in [4.69, 9.17) is 14.9 Å². The number of nitrogens with zero attached hydrogens (tertiary/aromatic N) is 1. The number of benzene rings is 1. The molecule has 1 aromatic heterocycles. The van der Waals surface area contributed by atoms with Crippen molar-refractivity contribution < 1.29 is 19.7 Å². The normalized spacial score (nSPS) is 10.1. The molecular formula is C13H11NO4. The smallest absolute Gasteiger partial charge is 0.337 e. The molecule has 2 aromatic rings. The maximum atomic E-state index is 10.6. The van der Waals surface area contributed by atoms with Gasteiger partial charge in [0, 0.05) is 12.3 Å². The lowest BCUT2D eigenvalue weighted by atomic mass is 10.2. The van der Waals surface area contributed by atoms with Crippen LogP contribution in [0.25, 0.3) is 0 Å². The molecule has 0 fully saturated rings. The van der Waals surface area contributed by atoms with Crippen molar-refractivity contribution in [3.05, 3.63) is 53.7 Å². The van der Waals surface area contributed by atoms with E-state index in [0.717, 1.165) is 5.56 Å². The highest BCUT2D eigenvalue weighted by atomic mass is 16.5. The van der Waals surface area contributed by atoms with Crippen molar-refractivity contribution in [2.45, 2.75) is 6.61 Å². The van der Waals surface area contributed by atoms with E-state index in [-0.39, 0.29) is 12.2 Å². The number of rotatable bonds is 4. The summed E-state index contributed by atoms with van der Waals surface area (Å²) in [5.74, 6) is -0.191. The van der Waals surface area contributed by atoms with E-state index in [1.54, 1.807) is 24.3 Å². The summed E-state index contributed by atoms with van der Waals surface area (Å²) in [7, 11) is 0. The maximum Gasteiger partial charge on any atom is 0.337 e. The van der Waals surface area contributed by atoms with E-state index in [0.29, 0.717) is 11.6 Å². The Hall–Kier alpha value is -2.40. The fraction of sp³-hybridized carbons (Fsp3) is 0.0769. The van der Waals surface area contributed by atoms with E-state index in [1.807, 2.05) is 0 Å². The SMILES string of the molecule is O=C(O)c1ccc(Oc2cccc(CO)c2)nc1. The Balaban J connectivity index is 2.15.